The molecule has 0 amide bonds. The third kappa shape index (κ3) is 5.06. The Labute approximate surface area is 128 Å². The molecule has 0 bridgehead atoms. The number of halogens is 4. The molecule has 0 saturated heterocycles. The maximum Gasteiger partial charge on any atom is 0.573 e. The number of hydrogen-bond acceptors (Lipinski definition) is 2. The molecular weight excluding hydrogens is 349 g/mol. The number of hydrogen-bond donors (Lipinski definition) is 1. The summed E-state index contributed by atoms with van der Waals surface area (Å²) in [6, 6.07) is 12.7. The van der Waals surface area contributed by atoms with Gasteiger partial charge in [-0.25, -0.2) is 0 Å². The summed E-state index contributed by atoms with van der Waals surface area (Å²) in [7, 11) is 0. The first kappa shape index (κ1) is 15.9. The van der Waals surface area contributed by atoms with Crippen molar-refractivity contribution in [3.8, 4) is 5.75 Å². The lowest BCUT2D eigenvalue weighted by Gasteiger charge is -2.12. The normalized spacial score (nSPS) is 13.0. The van der Waals surface area contributed by atoms with E-state index < -0.39 is 12.5 Å². The lowest BCUT2D eigenvalue weighted by molar-refractivity contribution is -0.274. The zero-order valence-corrected chi connectivity index (χ0v) is 12.4. The summed E-state index contributed by atoms with van der Waals surface area (Å²) in [6.45, 7) is 0. The minimum atomic E-state index is -4.70. The molecule has 21 heavy (non-hydrogen) atoms. The molecule has 1 unspecified atom stereocenters. The van der Waals surface area contributed by atoms with Crippen molar-refractivity contribution in [3.63, 3.8) is 0 Å². The van der Waals surface area contributed by atoms with E-state index in [4.69, 9.17) is 0 Å². The van der Waals surface area contributed by atoms with E-state index >= 15 is 0 Å². The van der Waals surface area contributed by atoms with Gasteiger partial charge in [-0.2, -0.15) is 0 Å². The van der Waals surface area contributed by atoms with Gasteiger partial charge in [0.25, 0.3) is 0 Å². The van der Waals surface area contributed by atoms with Crippen LogP contribution in [0.3, 0.4) is 0 Å². The van der Waals surface area contributed by atoms with Crippen molar-refractivity contribution < 1.29 is 23.0 Å². The summed E-state index contributed by atoms with van der Waals surface area (Å²) in [5, 5.41) is 10.1. The van der Waals surface area contributed by atoms with E-state index in [-0.39, 0.29) is 5.75 Å². The predicted octanol–water partition coefficient (Wildman–Crippen LogP) is 4.62. The van der Waals surface area contributed by atoms with Crippen LogP contribution < -0.4 is 4.74 Å². The summed E-state index contributed by atoms with van der Waals surface area (Å²) in [4.78, 5) is 0. The molecule has 1 atom stereocenters. The molecule has 1 N–H and O–H groups in total. The second kappa shape index (κ2) is 6.49. The van der Waals surface area contributed by atoms with Gasteiger partial charge in [0.2, 0.25) is 0 Å². The quantitative estimate of drug-likeness (QED) is 0.861. The Morgan fingerprint density at radius 2 is 1.57 bits per heavy atom. The minimum absolute atomic E-state index is 0.274. The first-order chi connectivity index (χ1) is 9.83. The largest absolute Gasteiger partial charge is 0.573 e. The molecule has 2 aromatic rings. The van der Waals surface area contributed by atoms with Crippen LogP contribution in [0.15, 0.2) is 53.0 Å². The van der Waals surface area contributed by atoms with E-state index in [0.29, 0.717) is 6.42 Å². The van der Waals surface area contributed by atoms with Gasteiger partial charge in [-0.05, 0) is 35.4 Å². The lowest BCUT2D eigenvalue weighted by Crippen LogP contribution is -2.17. The molecule has 0 spiro atoms. The molecule has 0 aliphatic heterocycles. The Kier molecular flexibility index (Phi) is 4.90. The van der Waals surface area contributed by atoms with Crippen molar-refractivity contribution in [1.29, 1.82) is 0 Å². The summed E-state index contributed by atoms with van der Waals surface area (Å²) in [5.41, 5.74) is 1.47. The van der Waals surface area contributed by atoms with Crippen LogP contribution in [0.2, 0.25) is 0 Å². The van der Waals surface area contributed by atoms with Crippen molar-refractivity contribution in [2.24, 2.45) is 0 Å². The highest BCUT2D eigenvalue weighted by Gasteiger charge is 2.30. The van der Waals surface area contributed by atoms with Crippen LogP contribution in [0.1, 0.15) is 17.2 Å². The number of aliphatic hydroxyl groups is 1. The smallest absolute Gasteiger partial charge is 0.406 e. The van der Waals surface area contributed by atoms with Gasteiger partial charge in [0, 0.05) is 10.9 Å². The Bertz CT molecular complexity index is 579. The molecule has 2 aromatic carbocycles. The molecule has 0 heterocycles. The molecule has 0 aliphatic carbocycles. The van der Waals surface area contributed by atoms with Crippen LogP contribution >= 0.6 is 15.9 Å². The average molecular weight is 361 g/mol. The monoisotopic (exact) mass is 360 g/mol. The molecule has 0 saturated carbocycles. The molecule has 0 fully saturated rings. The van der Waals surface area contributed by atoms with Gasteiger partial charge < -0.3 is 9.84 Å². The van der Waals surface area contributed by atoms with Crippen LogP contribution in [0.5, 0.6) is 5.75 Å². The fraction of sp³-hybridized carbons (Fsp3) is 0.200. The van der Waals surface area contributed by atoms with Gasteiger partial charge in [0.05, 0.1) is 6.10 Å². The van der Waals surface area contributed by atoms with E-state index in [1.165, 1.54) is 24.3 Å². The first-order valence-corrected chi connectivity index (χ1v) is 6.91. The topological polar surface area (TPSA) is 29.5 Å². The molecule has 0 radical (unpaired) electrons. The van der Waals surface area contributed by atoms with E-state index in [0.717, 1.165) is 15.6 Å². The van der Waals surface area contributed by atoms with E-state index in [2.05, 4.69) is 20.7 Å². The van der Waals surface area contributed by atoms with Gasteiger partial charge >= 0.3 is 6.36 Å². The number of alkyl halides is 3. The molecule has 6 heteroatoms. The molecule has 2 rings (SSSR count). The second-order valence-electron chi connectivity index (χ2n) is 4.46. The van der Waals surface area contributed by atoms with Crippen LogP contribution in [0, 0.1) is 0 Å². The number of aliphatic hydroxyl groups excluding tert-OH is 1. The van der Waals surface area contributed by atoms with Crippen LogP contribution in [-0.2, 0) is 6.42 Å². The van der Waals surface area contributed by atoms with Crippen molar-refractivity contribution in [2.45, 2.75) is 18.9 Å². The summed E-state index contributed by atoms with van der Waals surface area (Å²) in [5.74, 6) is -0.274. The molecule has 112 valence electrons. The lowest BCUT2D eigenvalue weighted by atomic mass is 10.0. The van der Waals surface area contributed by atoms with E-state index in [1.807, 2.05) is 12.1 Å². The standard InChI is InChI=1S/C15H12BrF3O2/c16-12-5-3-11(4-6-12)14(20)9-10-1-7-13(8-2-10)21-15(17,18)19/h1-8,14,20H,9H2. The third-order valence-electron chi connectivity index (χ3n) is 2.84. The zero-order chi connectivity index (χ0) is 15.5. The number of rotatable bonds is 4. The summed E-state index contributed by atoms with van der Waals surface area (Å²) >= 11 is 3.31. The zero-order valence-electron chi connectivity index (χ0n) is 10.8. The van der Waals surface area contributed by atoms with Gasteiger partial charge in [-0.15, -0.1) is 13.2 Å². The highest BCUT2D eigenvalue weighted by Crippen LogP contribution is 2.25. The Balaban J connectivity index is 2.01. The third-order valence-corrected chi connectivity index (χ3v) is 3.37. The van der Waals surface area contributed by atoms with Crippen molar-refractivity contribution >= 4 is 15.9 Å². The van der Waals surface area contributed by atoms with Crippen LogP contribution in [0.25, 0.3) is 0 Å². The molecule has 0 aliphatic rings. The summed E-state index contributed by atoms with van der Waals surface area (Å²) in [6.07, 6.45) is -5.10. The Hall–Kier alpha value is -1.53. The average Bonchev–Trinajstić information content (AvgIpc) is 2.40. The first-order valence-electron chi connectivity index (χ1n) is 6.12. The van der Waals surface area contributed by atoms with Gasteiger partial charge in [0.15, 0.2) is 0 Å². The van der Waals surface area contributed by atoms with Crippen molar-refractivity contribution in [2.75, 3.05) is 0 Å². The van der Waals surface area contributed by atoms with E-state index in [9.17, 15) is 18.3 Å². The SMILES string of the molecule is OC(Cc1ccc(OC(F)(F)F)cc1)c1ccc(Br)cc1. The molecular formula is C15H12BrF3O2. The summed E-state index contributed by atoms with van der Waals surface area (Å²) < 4.78 is 40.8. The van der Waals surface area contributed by atoms with Crippen molar-refractivity contribution in [3.05, 3.63) is 64.1 Å². The fourth-order valence-corrected chi connectivity index (χ4v) is 2.12. The number of ether oxygens (including phenoxy) is 1. The maximum absolute atomic E-state index is 12.0. The predicted molar refractivity (Wildman–Crippen MR) is 75.9 cm³/mol. The number of benzene rings is 2. The second-order valence-corrected chi connectivity index (χ2v) is 5.38. The molecule has 0 aromatic heterocycles. The van der Waals surface area contributed by atoms with E-state index in [1.54, 1.807) is 12.1 Å². The Morgan fingerprint density at radius 3 is 2.10 bits per heavy atom. The minimum Gasteiger partial charge on any atom is -0.406 e. The van der Waals surface area contributed by atoms with Gasteiger partial charge in [0.1, 0.15) is 5.75 Å². The van der Waals surface area contributed by atoms with Crippen LogP contribution in [0.4, 0.5) is 13.2 Å². The maximum atomic E-state index is 12.0. The van der Waals surface area contributed by atoms with Crippen LogP contribution in [-0.4, -0.2) is 11.5 Å². The highest BCUT2D eigenvalue weighted by molar-refractivity contribution is 9.10. The van der Waals surface area contributed by atoms with Crippen molar-refractivity contribution in [1.82, 2.24) is 0 Å². The Morgan fingerprint density at radius 1 is 1.00 bits per heavy atom. The molecule has 2 nitrogen and oxygen atoms in total. The van der Waals surface area contributed by atoms with Gasteiger partial charge in [-0.3, -0.25) is 0 Å². The highest BCUT2D eigenvalue weighted by atomic mass is 79.9. The van der Waals surface area contributed by atoms with Gasteiger partial charge in [-0.1, -0.05) is 40.2 Å². The fourth-order valence-electron chi connectivity index (χ4n) is 1.85.